The lowest BCUT2D eigenvalue weighted by Crippen LogP contribution is -2.19. The number of anilines is 1. The minimum Gasteiger partial charge on any atom is -0.384 e. The minimum atomic E-state index is 0.264. The van der Waals surface area contributed by atoms with Crippen molar-refractivity contribution in [2.45, 2.75) is 20.3 Å². The molecule has 0 spiro atoms. The summed E-state index contributed by atoms with van der Waals surface area (Å²) in [4.78, 5) is 11.5. The van der Waals surface area contributed by atoms with Crippen molar-refractivity contribution in [1.82, 2.24) is 0 Å². The van der Waals surface area contributed by atoms with Crippen LogP contribution in [0.4, 0.5) is 5.69 Å². The number of ketones is 1. The van der Waals surface area contributed by atoms with E-state index in [0.717, 1.165) is 23.4 Å². The van der Waals surface area contributed by atoms with Crippen molar-refractivity contribution >= 4 is 11.5 Å². The predicted octanol–water partition coefficient (Wildman–Crippen LogP) is 2.30. The highest BCUT2D eigenvalue weighted by molar-refractivity contribution is 6.03. The number of hydrogen-bond acceptors (Lipinski definition) is 2. The Morgan fingerprint density at radius 3 is 2.85 bits per heavy atom. The van der Waals surface area contributed by atoms with Gasteiger partial charge in [-0.3, -0.25) is 4.79 Å². The van der Waals surface area contributed by atoms with Crippen LogP contribution in [0.5, 0.6) is 0 Å². The molecule has 2 nitrogen and oxygen atoms in total. The maximum atomic E-state index is 11.5. The van der Waals surface area contributed by atoms with Crippen molar-refractivity contribution in [2.75, 3.05) is 11.9 Å². The number of Topliss-reactive ketones (excluding diaryl/α,β-unsaturated/α-hetero) is 1. The van der Waals surface area contributed by atoms with E-state index in [0.29, 0.717) is 6.42 Å². The van der Waals surface area contributed by atoms with Crippen LogP contribution in [-0.4, -0.2) is 12.3 Å². The van der Waals surface area contributed by atoms with Gasteiger partial charge in [0.2, 0.25) is 0 Å². The van der Waals surface area contributed by atoms with Crippen molar-refractivity contribution in [2.24, 2.45) is 0 Å². The Kier molecular flexibility index (Phi) is 1.83. The molecule has 1 aromatic rings. The normalized spacial score (nSPS) is 15.1. The molecule has 0 saturated heterocycles. The first-order chi connectivity index (χ1) is 6.18. The Labute approximate surface area is 78.0 Å². The summed E-state index contributed by atoms with van der Waals surface area (Å²) < 4.78 is 0. The zero-order valence-electron chi connectivity index (χ0n) is 7.98. The average molecular weight is 175 g/mol. The molecule has 0 radical (unpaired) electrons. The van der Waals surface area contributed by atoms with Crippen LogP contribution in [0, 0.1) is 13.8 Å². The number of hydrogen-bond donors (Lipinski definition) is 1. The lowest BCUT2D eigenvalue weighted by atomic mass is 9.96. The average Bonchev–Trinajstić information content (AvgIpc) is 2.07. The fourth-order valence-electron chi connectivity index (χ4n) is 1.86. The molecule has 1 aromatic carbocycles. The number of nitrogens with one attached hydrogen (secondary N) is 1. The van der Waals surface area contributed by atoms with E-state index in [1.165, 1.54) is 5.56 Å². The van der Waals surface area contributed by atoms with Gasteiger partial charge >= 0.3 is 0 Å². The second-order valence-corrected chi connectivity index (χ2v) is 3.60. The van der Waals surface area contributed by atoms with Crippen molar-refractivity contribution in [3.8, 4) is 0 Å². The van der Waals surface area contributed by atoms with Crippen molar-refractivity contribution in [3.63, 3.8) is 0 Å². The lowest BCUT2D eigenvalue weighted by Gasteiger charge is -2.19. The molecule has 13 heavy (non-hydrogen) atoms. The van der Waals surface area contributed by atoms with Gasteiger partial charge in [0.1, 0.15) is 0 Å². The Morgan fingerprint density at radius 1 is 1.31 bits per heavy atom. The van der Waals surface area contributed by atoms with E-state index in [2.05, 4.69) is 11.4 Å². The first-order valence-corrected chi connectivity index (χ1v) is 4.57. The highest BCUT2D eigenvalue weighted by atomic mass is 16.1. The summed E-state index contributed by atoms with van der Waals surface area (Å²) in [6.07, 6.45) is 0.621. The van der Waals surface area contributed by atoms with Crippen LogP contribution in [0.25, 0.3) is 0 Å². The third-order valence-corrected chi connectivity index (χ3v) is 2.43. The fourth-order valence-corrected chi connectivity index (χ4v) is 1.86. The first-order valence-electron chi connectivity index (χ1n) is 4.57. The van der Waals surface area contributed by atoms with Crippen LogP contribution in [0.15, 0.2) is 12.1 Å². The van der Waals surface area contributed by atoms with Gasteiger partial charge in [-0.1, -0.05) is 6.07 Å². The molecule has 2 rings (SSSR count). The summed E-state index contributed by atoms with van der Waals surface area (Å²) in [5.41, 5.74) is 4.22. The Morgan fingerprint density at radius 2 is 2.08 bits per heavy atom. The summed E-state index contributed by atoms with van der Waals surface area (Å²) in [6, 6.07) is 4.07. The number of rotatable bonds is 0. The lowest BCUT2D eigenvalue weighted by molar-refractivity contribution is 0.0983. The third-order valence-electron chi connectivity index (χ3n) is 2.43. The van der Waals surface area contributed by atoms with Gasteiger partial charge in [0, 0.05) is 24.2 Å². The molecule has 0 unspecified atom stereocenters. The second kappa shape index (κ2) is 2.87. The molecule has 0 aliphatic carbocycles. The van der Waals surface area contributed by atoms with Crippen LogP contribution >= 0.6 is 0 Å². The van der Waals surface area contributed by atoms with Crippen LogP contribution in [0.2, 0.25) is 0 Å². The second-order valence-electron chi connectivity index (χ2n) is 3.60. The number of aryl methyl sites for hydroxylation is 2. The summed E-state index contributed by atoms with van der Waals surface area (Å²) in [7, 11) is 0. The van der Waals surface area contributed by atoms with Gasteiger partial charge in [-0.2, -0.15) is 0 Å². The quantitative estimate of drug-likeness (QED) is 0.655. The van der Waals surface area contributed by atoms with Crippen LogP contribution in [0.3, 0.4) is 0 Å². The highest BCUT2D eigenvalue weighted by Gasteiger charge is 2.18. The number of fused-ring (bicyclic) bond motifs is 1. The molecular formula is C11H13NO. The zero-order valence-corrected chi connectivity index (χ0v) is 7.98. The van der Waals surface area contributed by atoms with E-state index in [-0.39, 0.29) is 5.78 Å². The molecule has 2 heteroatoms. The minimum absolute atomic E-state index is 0.264. The molecule has 1 aliphatic rings. The Bertz CT molecular complexity index is 369. The monoisotopic (exact) mass is 175 g/mol. The molecule has 1 aliphatic heterocycles. The van der Waals surface area contributed by atoms with Crippen LogP contribution in [0.1, 0.15) is 27.9 Å². The fraction of sp³-hybridized carbons (Fsp3) is 0.364. The molecule has 0 fully saturated rings. The van der Waals surface area contributed by atoms with E-state index in [4.69, 9.17) is 0 Å². The highest BCUT2D eigenvalue weighted by Crippen LogP contribution is 2.26. The zero-order chi connectivity index (χ0) is 9.42. The molecule has 0 atom stereocenters. The maximum absolute atomic E-state index is 11.5. The van der Waals surface area contributed by atoms with Crippen molar-refractivity contribution < 1.29 is 4.79 Å². The van der Waals surface area contributed by atoms with E-state index in [9.17, 15) is 4.79 Å². The molecule has 1 heterocycles. The SMILES string of the molecule is Cc1cc(C)c2c(c1)C(=O)CCN2. The van der Waals surface area contributed by atoms with E-state index in [1.807, 2.05) is 19.9 Å². The topological polar surface area (TPSA) is 29.1 Å². The van der Waals surface area contributed by atoms with Gasteiger partial charge in [-0.05, 0) is 31.0 Å². The summed E-state index contributed by atoms with van der Waals surface area (Å²) in [5.74, 6) is 0.264. The van der Waals surface area contributed by atoms with E-state index < -0.39 is 0 Å². The molecule has 0 bridgehead atoms. The standard InChI is InChI=1S/C11H13NO/c1-7-5-8(2)11-9(6-7)10(13)3-4-12-11/h5-6,12H,3-4H2,1-2H3. The smallest absolute Gasteiger partial charge is 0.166 e. The molecular weight excluding hydrogens is 162 g/mol. The van der Waals surface area contributed by atoms with Crippen molar-refractivity contribution in [1.29, 1.82) is 0 Å². The van der Waals surface area contributed by atoms with E-state index in [1.54, 1.807) is 0 Å². The van der Waals surface area contributed by atoms with Crippen LogP contribution in [-0.2, 0) is 0 Å². The van der Waals surface area contributed by atoms with Gasteiger partial charge in [0.15, 0.2) is 5.78 Å². The maximum Gasteiger partial charge on any atom is 0.166 e. The summed E-state index contributed by atoms with van der Waals surface area (Å²) in [6.45, 7) is 4.84. The summed E-state index contributed by atoms with van der Waals surface area (Å²) >= 11 is 0. The molecule has 1 N–H and O–H groups in total. The van der Waals surface area contributed by atoms with Gasteiger partial charge in [0.25, 0.3) is 0 Å². The van der Waals surface area contributed by atoms with Gasteiger partial charge in [-0.15, -0.1) is 0 Å². The first kappa shape index (κ1) is 8.30. The van der Waals surface area contributed by atoms with Gasteiger partial charge in [-0.25, -0.2) is 0 Å². The number of carbonyl (C=O) groups is 1. The van der Waals surface area contributed by atoms with E-state index >= 15 is 0 Å². The van der Waals surface area contributed by atoms with Gasteiger partial charge < -0.3 is 5.32 Å². The largest absolute Gasteiger partial charge is 0.384 e. The number of benzene rings is 1. The molecule has 0 amide bonds. The van der Waals surface area contributed by atoms with Crippen molar-refractivity contribution in [3.05, 3.63) is 28.8 Å². The Hall–Kier alpha value is -1.31. The van der Waals surface area contributed by atoms with Crippen LogP contribution < -0.4 is 5.32 Å². The Balaban J connectivity index is 2.63. The predicted molar refractivity (Wildman–Crippen MR) is 53.4 cm³/mol. The number of carbonyl (C=O) groups excluding carboxylic acids is 1. The third kappa shape index (κ3) is 1.32. The summed E-state index contributed by atoms with van der Waals surface area (Å²) in [5, 5.41) is 3.27. The molecule has 68 valence electrons. The van der Waals surface area contributed by atoms with Gasteiger partial charge in [0.05, 0.1) is 0 Å². The molecule has 0 saturated carbocycles. The molecule has 0 aromatic heterocycles.